The van der Waals surface area contributed by atoms with Crippen LogP contribution >= 0.6 is 0 Å². The van der Waals surface area contributed by atoms with Crippen LogP contribution in [-0.4, -0.2) is 37.5 Å². The first-order valence-electron chi connectivity index (χ1n) is 12.8. The third-order valence-corrected chi connectivity index (χ3v) is 5.55. The Morgan fingerprint density at radius 3 is 1.82 bits per heavy atom. The summed E-state index contributed by atoms with van der Waals surface area (Å²) < 4.78 is 50.4. The fourth-order valence-electron chi connectivity index (χ4n) is 3.68. The van der Waals surface area contributed by atoms with Crippen molar-refractivity contribution in [3.63, 3.8) is 0 Å². The van der Waals surface area contributed by atoms with Crippen molar-refractivity contribution in [1.29, 1.82) is 0 Å². The van der Waals surface area contributed by atoms with E-state index in [0.717, 1.165) is 0 Å². The maximum absolute atomic E-state index is 12.3. The summed E-state index contributed by atoms with van der Waals surface area (Å²) in [6.45, 7) is 0. The summed E-state index contributed by atoms with van der Waals surface area (Å²) in [6.07, 6.45) is -5.63. The molecule has 0 amide bonds. The second kappa shape index (κ2) is 11.6. The van der Waals surface area contributed by atoms with Gasteiger partial charge in [-0.05, 0) is 77.8 Å². The molecule has 3 rings (SSSR count). The molecule has 0 aliphatic rings. The van der Waals surface area contributed by atoms with Crippen LogP contribution in [-0.2, 0) is 16.8 Å². The van der Waals surface area contributed by atoms with Gasteiger partial charge in [-0.15, -0.1) is 0 Å². The van der Waals surface area contributed by atoms with Gasteiger partial charge in [0.15, 0.2) is 0 Å². The van der Waals surface area contributed by atoms with E-state index in [0.29, 0.717) is 22.6 Å². The van der Waals surface area contributed by atoms with Gasteiger partial charge in [0, 0.05) is 11.9 Å². The van der Waals surface area contributed by atoms with Crippen LogP contribution in [0.4, 0.5) is 0 Å². The minimum absolute atomic E-state index is 0.0362. The molecule has 6 nitrogen and oxygen atoms in total. The third-order valence-electron chi connectivity index (χ3n) is 5.55. The van der Waals surface area contributed by atoms with Crippen LogP contribution in [0.2, 0.25) is 0 Å². The van der Waals surface area contributed by atoms with E-state index in [1.165, 1.54) is 33.5 Å². The lowest BCUT2D eigenvalue weighted by Gasteiger charge is -2.31. The highest BCUT2D eigenvalue weighted by atomic mass is 16.5. The van der Waals surface area contributed by atoms with E-state index in [1.54, 1.807) is 54.6 Å². The first-order chi connectivity index (χ1) is 17.9. The molecule has 0 aromatic heterocycles. The number of aliphatic hydroxyl groups is 1. The maximum Gasteiger partial charge on any atom is 0.303 e. The molecule has 180 valence electrons. The van der Waals surface area contributed by atoms with Gasteiger partial charge in [0.25, 0.3) is 0 Å². The quantitative estimate of drug-likeness (QED) is 0.356. The molecule has 6 heteroatoms. The second-order valence-corrected chi connectivity index (χ2v) is 7.63. The van der Waals surface area contributed by atoms with E-state index < -0.39 is 24.3 Å². The number of carboxylic acid groups (broad SMARTS) is 1. The highest BCUT2D eigenvalue weighted by Gasteiger charge is 2.34. The average Bonchev–Trinajstić information content (AvgIpc) is 2.91. The second-order valence-electron chi connectivity index (χ2n) is 7.63. The van der Waals surface area contributed by atoms with Crippen molar-refractivity contribution in [2.45, 2.75) is 37.6 Å². The zero-order valence-electron chi connectivity index (χ0n) is 23.5. The van der Waals surface area contributed by atoms with E-state index in [4.69, 9.17) is 24.8 Å². The highest BCUT2D eigenvalue weighted by Crippen LogP contribution is 2.39. The molecule has 0 aliphatic carbocycles. The minimum Gasteiger partial charge on any atom is -0.497 e. The number of aryl methyl sites for hydroxylation is 1. The van der Waals surface area contributed by atoms with E-state index >= 15 is 0 Å². The fraction of sp³-hybridized carbons (Fsp3) is 0.321. The van der Waals surface area contributed by atoms with Crippen molar-refractivity contribution >= 4 is 5.97 Å². The largest absolute Gasteiger partial charge is 0.497 e. The lowest BCUT2D eigenvalue weighted by Crippen LogP contribution is -2.29. The summed E-state index contributed by atoms with van der Waals surface area (Å²) in [5, 5.41) is 21.2. The Morgan fingerprint density at radius 2 is 1.35 bits per heavy atom. The van der Waals surface area contributed by atoms with Crippen LogP contribution in [0.1, 0.15) is 53.4 Å². The van der Waals surface area contributed by atoms with Crippen LogP contribution in [0.15, 0.2) is 66.7 Å². The number of hydrogen-bond acceptors (Lipinski definition) is 5. The van der Waals surface area contributed by atoms with E-state index in [2.05, 4.69) is 0 Å². The molecule has 0 aliphatic heterocycles. The van der Waals surface area contributed by atoms with Gasteiger partial charge >= 0.3 is 5.97 Å². The molecule has 3 aromatic rings. The molecule has 2 N–H and O–H groups in total. The lowest BCUT2D eigenvalue weighted by molar-refractivity contribution is -0.137. The third kappa shape index (κ3) is 5.69. The van der Waals surface area contributed by atoms with Crippen LogP contribution in [0.5, 0.6) is 17.2 Å². The Balaban J connectivity index is 2.20. The predicted octanol–water partition coefficient (Wildman–Crippen LogP) is 5.18. The number of methoxy groups -OCH3 is 3. The molecular formula is C28H32O6. The number of rotatable bonds is 12. The normalized spacial score (nSPS) is 13.8. The summed E-state index contributed by atoms with van der Waals surface area (Å²) in [6, 6.07) is 18.1. The van der Waals surface area contributed by atoms with E-state index in [-0.39, 0.29) is 36.1 Å². The van der Waals surface area contributed by atoms with Crippen LogP contribution in [0.3, 0.4) is 0 Å². The molecule has 3 aromatic carbocycles. The molecule has 0 radical (unpaired) electrons. The summed E-state index contributed by atoms with van der Waals surface area (Å²) in [4.78, 5) is 10.9. The molecule has 0 heterocycles. The van der Waals surface area contributed by atoms with Crippen molar-refractivity contribution in [2.24, 2.45) is 0 Å². The maximum atomic E-state index is 12.3. The minimum atomic E-state index is -2.58. The topological polar surface area (TPSA) is 85.2 Å². The van der Waals surface area contributed by atoms with Crippen molar-refractivity contribution in [1.82, 2.24) is 0 Å². The Morgan fingerprint density at radius 1 is 0.824 bits per heavy atom. The number of carbonyl (C=O) groups is 1. The zero-order valence-corrected chi connectivity index (χ0v) is 19.5. The number of ether oxygens (including phenoxy) is 3. The molecule has 0 saturated heterocycles. The molecule has 34 heavy (non-hydrogen) atoms. The van der Waals surface area contributed by atoms with Gasteiger partial charge in [-0.1, -0.05) is 36.8 Å². The van der Waals surface area contributed by atoms with Gasteiger partial charge in [-0.3, -0.25) is 4.79 Å². The summed E-state index contributed by atoms with van der Waals surface area (Å²) in [5.74, 6) is 0.205. The van der Waals surface area contributed by atoms with Gasteiger partial charge in [-0.2, -0.15) is 0 Å². The van der Waals surface area contributed by atoms with Crippen molar-refractivity contribution < 1.29 is 34.7 Å². The number of hydrogen-bond donors (Lipinski definition) is 2. The Hall–Kier alpha value is -3.51. The van der Waals surface area contributed by atoms with Crippen LogP contribution in [0.25, 0.3) is 0 Å². The molecule has 0 unspecified atom stereocenters. The van der Waals surface area contributed by atoms with Gasteiger partial charge in [0.1, 0.15) is 22.8 Å². The first kappa shape index (κ1) is 19.9. The van der Waals surface area contributed by atoms with Crippen LogP contribution in [0, 0.1) is 0 Å². The molecule has 0 saturated carbocycles. The summed E-state index contributed by atoms with van der Waals surface area (Å²) in [7, 11) is 4.42. The molecular weight excluding hydrogens is 432 g/mol. The lowest BCUT2D eigenvalue weighted by atomic mass is 9.79. The van der Waals surface area contributed by atoms with Crippen molar-refractivity contribution in [2.75, 3.05) is 21.3 Å². The molecule has 0 atom stereocenters. The monoisotopic (exact) mass is 468 g/mol. The fourth-order valence-corrected chi connectivity index (χ4v) is 3.68. The van der Waals surface area contributed by atoms with E-state index in [9.17, 15) is 9.90 Å². The SMILES string of the molecule is [2H]C([2H])(CCCC(=O)O)C([2H])([2H])c1cc(C(O)(c2ccc(OC)cc2)c2ccc(OC)cc2)ccc1OC. The standard InChI is InChI=1S/C28H32O6/c1-32-24-14-9-21(10-15-24)28(31,22-11-16-25(33-2)17-12-22)23-13-18-26(34-3)20(19-23)7-5-4-6-8-27(29)30/h9-19,31H,4-8H2,1-3H3,(H,29,30)/i5D2,7D2. The Bertz CT molecular complexity index is 1200. The van der Waals surface area contributed by atoms with Gasteiger partial charge in [0.2, 0.25) is 0 Å². The average molecular weight is 469 g/mol. The Labute approximate surface area is 206 Å². The molecule has 0 bridgehead atoms. The highest BCUT2D eigenvalue weighted by molar-refractivity contribution is 5.66. The predicted molar refractivity (Wildman–Crippen MR) is 131 cm³/mol. The first-order valence-corrected chi connectivity index (χ1v) is 10.8. The summed E-state index contributed by atoms with van der Waals surface area (Å²) in [5.41, 5.74) is -0.618. The van der Waals surface area contributed by atoms with Gasteiger partial charge < -0.3 is 24.4 Å². The van der Waals surface area contributed by atoms with Crippen molar-refractivity contribution in [3.05, 3.63) is 89.0 Å². The Kier molecular flexibility index (Phi) is 6.77. The van der Waals surface area contributed by atoms with Crippen LogP contribution < -0.4 is 14.2 Å². The van der Waals surface area contributed by atoms with E-state index in [1.807, 2.05) is 0 Å². The zero-order chi connectivity index (χ0) is 28.1. The van der Waals surface area contributed by atoms with Gasteiger partial charge in [0.05, 0.1) is 21.3 Å². The smallest absolute Gasteiger partial charge is 0.303 e. The summed E-state index contributed by atoms with van der Waals surface area (Å²) >= 11 is 0. The van der Waals surface area contributed by atoms with Crippen molar-refractivity contribution in [3.8, 4) is 17.2 Å². The number of carboxylic acids is 1. The number of benzene rings is 3. The van der Waals surface area contributed by atoms with Gasteiger partial charge in [-0.25, -0.2) is 0 Å². The molecule has 0 spiro atoms. The molecule has 0 fully saturated rings. The number of aliphatic carboxylic acids is 1.